The third kappa shape index (κ3) is 2.60. The molecule has 90 valence electrons. The molecule has 0 amide bonds. The lowest BCUT2D eigenvalue weighted by Crippen LogP contribution is -2.03. The van der Waals surface area contributed by atoms with Crippen molar-refractivity contribution < 1.29 is 4.74 Å². The van der Waals surface area contributed by atoms with Crippen LogP contribution < -0.4 is 11.5 Å². The first-order valence-electron chi connectivity index (χ1n) is 5.43. The highest BCUT2D eigenvalue weighted by Gasteiger charge is 2.10. The first-order chi connectivity index (χ1) is 8.22. The fourth-order valence-electron chi connectivity index (χ4n) is 1.85. The molecule has 0 atom stereocenters. The smallest absolute Gasteiger partial charge is 0.0503 e. The molecule has 0 saturated heterocycles. The molecular weight excluding hydrogens is 232 g/mol. The molecule has 0 aliphatic rings. The molecule has 0 aliphatic heterocycles. The van der Waals surface area contributed by atoms with Crippen molar-refractivity contribution in [3.8, 4) is 10.4 Å². The van der Waals surface area contributed by atoms with Gasteiger partial charge in [0, 0.05) is 23.4 Å². The summed E-state index contributed by atoms with van der Waals surface area (Å²) in [6, 6.07) is 7.89. The van der Waals surface area contributed by atoms with Crippen LogP contribution in [0.3, 0.4) is 0 Å². The van der Waals surface area contributed by atoms with Gasteiger partial charge in [0.25, 0.3) is 0 Å². The lowest BCUT2D eigenvalue weighted by atomic mass is 10.0. The Hall–Kier alpha value is -1.52. The highest BCUT2D eigenvalue weighted by Crippen LogP contribution is 2.33. The number of anilines is 2. The topological polar surface area (TPSA) is 61.3 Å². The van der Waals surface area contributed by atoms with Gasteiger partial charge in [-0.05, 0) is 41.1 Å². The zero-order valence-corrected chi connectivity index (χ0v) is 10.6. The van der Waals surface area contributed by atoms with Gasteiger partial charge in [-0.15, -0.1) is 11.3 Å². The lowest BCUT2D eigenvalue weighted by Gasteiger charge is -2.12. The van der Waals surface area contributed by atoms with E-state index >= 15 is 0 Å². The van der Waals surface area contributed by atoms with Crippen molar-refractivity contribution in [3.05, 3.63) is 35.2 Å². The van der Waals surface area contributed by atoms with Gasteiger partial charge in [-0.2, -0.15) is 0 Å². The number of hydrogen-bond donors (Lipinski definition) is 2. The van der Waals surface area contributed by atoms with E-state index in [0.717, 1.165) is 23.2 Å². The monoisotopic (exact) mass is 248 g/mol. The normalized spacial score (nSPS) is 10.6. The van der Waals surface area contributed by atoms with E-state index < -0.39 is 0 Å². The average molecular weight is 248 g/mol. The first kappa shape index (κ1) is 12.0. The van der Waals surface area contributed by atoms with Crippen molar-refractivity contribution in [1.29, 1.82) is 0 Å². The number of benzene rings is 1. The highest BCUT2D eigenvalue weighted by atomic mass is 32.1. The maximum Gasteiger partial charge on any atom is 0.0503 e. The second-order valence-electron chi connectivity index (χ2n) is 3.86. The Morgan fingerprint density at radius 3 is 2.76 bits per heavy atom. The molecule has 1 aromatic heterocycles. The third-order valence-corrected chi connectivity index (χ3v) is 3.55. The molecule has 4 N–H and O–H groups in total. The van der Waals surface area contributed by atoms with Gasteiger partial charge in [0.2, 0.25) is 0 Å². The van der Waals surface area contributed by atoms with E-state index in [9.17, 15) is 0 Å². The summed E-state index contributed by atoms with van der Waals surface area (Å²) in [5.41, 5.74) is 15.6. The molecule has 0 aliphatic carbocycles. The molecule has 0 radical (unpaired) electrons. The summed E-state index contributed by atoms with van der Waals surface area (Å²) >= 11 is 1.69. The molecule has 2 aromatic rings. The minimum Gasteiger partial charge on any atom is -0.399 e. The minimum absolute atomic E-state index is 0.659. The standard InChI is InChI=1S/C13H16N2OS/c1-16-5-4-10-11(13-3-2-6-17-13)7-9(14)8-12(10)15/h2-3,6-8H,4-5,14-15H2,1H3. The fourth-order valence-corrected chi connectivity index (χ4v) is 2.62. The number of thiophene rings is 1. The van der Waals surface area contributed by atoms with Crippen molar-refractivity contribution >= 4 is 22.7 Å². The van der Waals surface area contributed by atoms with Gasteiger partial charge in [0.15, 0.2) is 0 Å². The van der Waals surface area contributed by atoms with Crippen molar-refractivity contribution in [2.75, 3.05) is 25.2 Å². The molecule has 4 heteroatoms. The molecule has 0 unspecified atom stereocenters. The highest BCUT2D eigenvalue weighted by molar-refractivity contribution is 7.13. The molecule has 2 rings (SSSR count). The number of nitrogen functional groups attached to an aromatic ring is 2. The summed E-state index contributed by atoms with van der Waals surface area (Å²) in [4.78, 5) is 1.19. The lowest BCUT2D eigenvalue weighted by molar-refractivity contribution is 0.202. The molecule has 0 saturated carbocycles. The van der Waals surface area contributed by atoms with Crippen molar-refractivity contribution in [3.63, 3.8) is 0 Å². The molecular formula is C13H16N2OS. The van der Waals surface area contributed by atoms with Crippen LogP contribution >= 0.6 is 11.3 Å². The van der Waals surface area contributed by atoms with Gasteiger partial charge < -0.3 is 16.2 Å². The SMILES string of the molecule is COCCc1c(N)cc(N)cc1-c1cccs1. The van der Waals surface area contributed by atoms with Crippen LogP contribution in [0.15, 0.2) is 29.6 Å². The van der Waals surface area contributed by atoms with E-state index in [1.54, 1.807) is 18.4 Å². The Bertz CT molecular complexity index is 494. The molecule has 17 heavy (non-hydrogen) atoms. The Morgan fingerprint density at radius 1 is 1.29 bits per heavy atom. The van der Waals surface area contributed by atoms with Crippen LogP contribution in [0.5, 0.6) is 0 Å². The summed E-state index contributed by atoms with van der Waals surface area (Å²) in [6.07, 6.45) is 0.801. The van der Waals surface area contributed by atoms with Gasteiger partial charge in [-0.1, -0.05) is 6.07 Å². The second-order valence-corrected chi connectivity index (χ2v) is 4.80. The summed E-state index contributed by atoms with van der Waals surface area (Å²) in [5, 5.41) is 2.05. The summed E-state index contributed by atoms with van der Waals surface area (Å²) < 4.78 is 5.12. The Morgan fingerprint density at radius 2 is 2.12 bits per heavy atom. The maximum absolute atomic E-state index is 6.04. The van der Waals surface area contributed by atoms with Gasteiger partial charge in [-0.25, -0.2) is 0 Å². The largest absolute Gasteiger partial charge is 0.399 e. The van der Waals surface area contributed by atoms with Crippen LogP contribution in [-0.2, 0) is 11.2 Å². The van der Waals surface area contributed by atoms with Crippen LogP contribution in [-0.4, -0.2) is 13.7 Å². The fraction of sp³-hybridized carbons (Fsp3) is 0.231. The number of nitrogens with two attached hydrogens (primary N) is 2. The van der Waals surface area contributed by atoms with Crippen LogP contribution in [0, 0.1) is 0 Å². The van der Waals surface area contributed by atoms with Crippen molar-refractivity contribution in [1.82, 2.24) is 0 Å². The molecule has 0 fully saturated rings. The van der Waals surface area contributed by atoms with Crippen LogP contribution in [0.25, 0.3) is 10.4 Å². The average Bonchev–Trinajstić information content (AvgIpc) is 2.80. The van der Waals surface area contributed by atoms with Gasteiger partial charge >= 0.3 is 0 Å². The predicted molar refractivity (Wildman–Crippen MR) is 74.2 cm³/mol. The van der Waals surface area contributed by atoms with Gasteiger partial charge in [-0.3, -0.25) is 0 Å². The summed E-state index contributed by atoms with van der Waals surface area (Å²) in [5.74, 6) is 0. The number of hydrogen-bond acceptors (Lipinski definition) is 4. The van der Waals surface area contributed by atoms with E-state index in [-0.39, 0.29) is 0 Å². The number of ether oxygens (including phenoxy) is 1. The number of methoxy groups -OCH3 is 1. The van der Waals surface area contributed by atoms with E-state index in [2.05, 4.69) is 11.4 Å². The van der Waals surface area contributed by atoms with Crippen molar-refractivity contribution in [2.24, 2.45) is 0 Å². The quantitative estimate of drug-likeness (QED) is 0.818. The van der Waals surface area contributed by atoms with E-state index in [4.69, 9.17) is 16.2 Å². The van der Waals surface area contributed by atoms with Gasteiger partial charge in [0.05, 0.1) is 6.61 Å². The van der Waals surface area contributed by atoms with Gasteiger partial charge in [0.1, 0.15) is 0 Å². The van der Waals surface area contributed by atoms with Crippen LogP contribution in [0.2, 0.25) is 0 Å². The molecule has 0 spiro atoms. The molecule has 1 aromatic carbocycles. The minimum atomic E-state index is 0.659. The van der Waals surface area contributed by atoms with E-state index in [1.807, 2.05) is 18.2 Å². The zero-order chi connectivity index (χ0) is 12.3. The summed E-state index contributed by atoms with van der Waals surface area (Å²) in [7, 11) is 1.69. The van der Waals surface area contributed by atoms with E-state index in [1.165, 1.54) is 4.88 Å². The van der Waals surface area contributed by atoms with Crippen LogP contribution in [0.4, 0.5) is 11.4 Å². The molecule has 3 nitrogen and oxygen atoms in total. The molecule has 0 bridgehead atoms. The van der Waals surface area contributed by atoms with Crippen molar-refractivity contribution in [2.45, 2.75) is 6.42 Å². The van der Waals surface area contributed by atoms with Crippen LogP contribution in [0.1, 0.15) is 5.56 Å². The zero-order valence-electron chi connectivity index (χ0n) is 9.77. The Balaban J connectivity index is 2.47. The molecule has 1 heterocycles. The number of rotatable bonds is 4. The Labute approximate surface area is 105 Å². The third-order valence-electron chi connectivity index (χ3n) is 2.65. The second kappa shape index (κ2) is 5.21. The van der Waals surface area contributed by atoms with E-state index in [0.29, 0.717) is 12.3 Å². The predicted octanol–water partition coefficient (Wildman–Crippen LogP) is 2.77. The maximum atomic E-state index is 6.04. The summed E-state index contributed by atoms with van der Waals surface area (Å²) in [6.45, 7) is 0.659. The first-order valence-corrected chi connectivity index (χ1v) is 6.31. The Kier molecular flexibility index (Phi) is 3.66.